The Morgan fingerprint density at radius 1 is 1.27 bits per heavy atom. The monoisotopic (exact) mass is 492 g/mol. The van der Waals surface area contributed by atoms with Gasteiger partial charge in [0.1, 0.15) is 29.2 Å². The van der Waals surface area contributed by atoms with Crippen molar-refractivity contribution in [2.45, 2.75) is 17.9 Å². The average molecular weight is 493 g/mol. The fourth-order valence-electron chi connectivity index (χ4n) is 2.67. The van der Waals surface area contributed by atoms with E-state index in [2.05, 4.69) is 10.3 Å². The zero-order valence-corrected chi connectivity index (χ0v) is 20.9. The Morgan fingerprint density at radius 3 is 2.64 bits per heavy atom. The van der Waals surface area contributed by atoms with Crippen LogP contribution >= 0.6 is 23.5 Å². The molecule has 1 amide bonds. The molecule has 1 unspecified atom stereocenters. The predicted octanol–water partition coefficient (Wildman–Crippen LogP) is 4.35. The van der Waals surface area contributed by atoms with Crippen LogP contribution < -0.4 is 20.5 Å². The van der Waals surface area contributed by atoms with E-state index in [-0.39, 0.29) is 17.5 Å². The molecule has 0 aliphatic rings. The molecule has 0 aliphatic carbocycles. The topological polar surface area (TPSA) is 98.4 Å². The number of carbonyl (C=O) groups is 1. The first kappa shape index (κ1) is 26.5. The van der Waals surface area contributed by atoms with E-state index in [1.54, 1.807) is 44.6 Å². The van der Waals surface area contributed by atoms with E-state index in [0.29, 0.717) is 28.9 Å². The standard InChI is InChI=1S/C23H29ClN4O4S/c1-15(14-30-5)31-17-10-16(23(29)27-22(25)8-9-26-2)11-18(12-17)32-21-7-6-19(13-20(21)24)33-28(3)4/h6-13,15,26H,14H2,1-5H3,(H2,25,27,29)/b9-8-. The highest BCUT2D eigenvalue weighted by molar-refractivity contribution is 7.97. The van der Waals surface area contributed by atoms with Crippen molar-refractivity contribution in [3.05, 3.63) is 59.3 Å². The number of amidine groups is 1. The second-order valence-corrected chi connectivity index (χ2v) is 8.93. The number of rotatable bonds is 11. The molecular weight excluding hydrogens is 464 g/mol. The first-order valence-corrected chi connectivity index (χ1v) is 11.2. The van der Waals surface area contributed by atoms with Crippen molar-refractivity contribution in [3.63, 3.8) is 0 Å². The lowest BCUT2D eigenvalue weighted by Crippen LogP contribution is -2.18. The maximum atomic E-state index is 12.7. The minimum absolute atomic E-state index is 0.0629. The van der Waals surface area contributed by atoms with Gasteiger partial charge in [0.2, 0.25) is 0 Å². The van der Waals surface area contributed by atoms with E-state index < -0.39 is 5.91 Å². The number of hydrogen-bond acceptors (Lipinski definition) is 7. The minimum atomic E-state index is -0.535. The van der Waals surface area contributed by atoms with Crippen LogP contribution in [0.2, 0.25) is 5.02 Å². The molecule has 0 aliphatic heterocycles. The van der Waals surface area contributed by atoms with E-state index in [9.17, 15) is 4.79 Å². The number of carbonyl (C=O) groups excluding carboxylic acids is 1. The van der Waals surface area contributed by atoms with Crippen molar-refractivity contribution in [1.29, 1.82) is 0 Å². The number of nitrogens with zero attached hydrogens (tertiary/aromatic N) is 2. The third-order valence-corrected chi connectivity index (χ3v) is 5.06. The van der Waals surface area contributed by atoms with Crippen LogP contribution in [0, 0.1) is 0 Å². The molecule has 1 atom stereocenters. The molecule has 3 N–H and O–H groups in total. The van der Waals surface area contributed by atoms with Gasteiger partial charge in [-0.05, 0) is 75.6 Å². The van der Waals surface area contributed by atoms with Gasteiger partial charge in [0.05, 0.1) is 11.6 Å². The Bertz CT molecular complexity index is 1010. The van der Waals surface area contributed by atoms with E-state index in [4.69, 9.17) is 31.5 Å². The minimum Gasteiger partial charge on any atom is -0.488 e. The van der Waals surface area contributed by atoms with Crippen molar-refractivity contribution in [1.82, 2.24) is 9.62 Å². The lowest BCUT2D eigenvalue weighted by atomic mass is 10.2. The van der Waals surface area contributed by atoms with E-state index in [1.807, 2.05) is 37.5 Å². The summed E-state index contributed by atoms with van der Waals surface area (Å²) in [6.45, 7) is 2.24. The second kappa shape index (κ2) is 13.1. The third kappa shape index (κ3) is 8.97. The molecule has 0 heterocycles. The number of amides is 1. The lowest BCUT2D eigenvalue weighted by molar-refractivity contribution is 0.0915. The molecule has 0 fully saturated rings. The molecule has 0 aromatic heterocycles. The van der Waals surface area contributed by atoms with Crippen molar-refractivity contribution in [2.75, 3.05) is 34.9 Å². The maximum absolute atomic E-state index is 12.7. The average Bonchev–Trinajstić information content (AvgIpc) is 2.73. The number of benzene rings is 2. The lowest BCUT2D eigenvalue weighted by Gasteiger charge is -2.16. The quantitative estimate of drug-likeness (QED) is 0.271. The largest absolute Gasteiger partial charge is 0.488 e. The van der Waals surface area contributed by atoms with Gasteiger partial charge in [0.15, 0.2) is 0 Å². The number of hydrogen-bond donors (Lipinski definition) is 2. The smallest absolute Gasteiger partial charge is 0.279 e. The fraction of sp³-hybridized carbons (Fsp3) is 0.304. The fourth-order valence-corrected chi connectivity index (χ4v) is 3.67. The summed E-state index contributed by atoms with van der Waals surface area (Å²) < 4.78 is 19.0. The molecular formula is C23H29ClN4O4S. The highest BCUT2D eigenvalue weighted by Crippen LogP contribution is 2.35. The number of aliphatic imine (C=N–C) groups is 1. The van der Waals surface area contributed by atoms with E-state index >= 15 is 0 Å². The van der Waals surface area contributed by atoms with Gasteiger partial charge in [-0.2, -0.15) is 4.99 Å². The highest BCUT2D eigenvalue weighted by Gasteiger charge is 2.14. The number of nitrogens with two attached hydrogens (primary N) is 1. The molecule has 2 aromatic rings. The van der Waals surface area contributed by atoms with Crippen LogP contribution in [0.25, 0.3) is 0 Å². The van der Waals surface area contributed by atoms with E-state index in [0.717, 1.165) is 4.90 Å². The normalized spacial score (nSPS) is 12.8. The van der Waals surface area contributed by atoms with Crippen LogP contribution in [0.4, 0.5) is 0 Å². The number of nitrogens with one attached hydrogen (secondary N) is 1. The summed E-state index contributed by atoms with van der Waals surface area (Å²) in [4.78, 5) is 17.6. The van der Waals surface area contributed by atoms with Gasteiger partial charge in [0.25, 0.3) is 5.91 Å². The summed E-state index contributed by atoms with van der Waals surface area (Å²) in [6.07, 6.45) is 2.82. The van der Waals surface area contributed by atoms with Crippen LogP contribution in [0.3, 0.4) is 0 Å². The van der Waals surface area contributed by atoms with Crippen LogP contribution in [0.15, 0.2) is 58.6 Å². The number of halogens is 1. The Labute approximate surface area is 203 Å². The Balaban J connectivity index is 2.37. The molecule has 0 bridgehead atoms. The van der Waals surface area contributed by atoms with Gasteiger partial charge in [-0.25, -0.2) is 0 Å². The summed E-state index contributed by atoms with van der Waals surface area (Å²) in [7, 11) is 7.20. The molecule has 2 rings (SSSR count). The van der Waals surface area contributed by atoms with Crippen molar-refractivity contribution >= 4 is 35.3 Å². The van der Waals surface area contributed by atoms with Gasteiger partial charge < -0.3 is 25.3 Å². The van der Waals surface area contributed by atoms with Crippen LogP contribution in [-0.4, -0.2) is 57.0 Å². The molecule has 2 aromatic carbocycles. The zero-order chi connectivity index (χ0) is 24.4. The molecule has 0 spiro atoms. The van der Waals surface area contributed by atoms with Crippen LogP contribution in [0.5, 0.6) is 17.2 Å². The Morgan fingerprint density at radius 2 is 2.00 bits per heavy atom. The predicted molar refractivity (Wildman–Crippen MR) is 134 cm³/mol. The number of methoxy groups -OCH3 is 1. The SMILES string of the molecule is CN/C=C\C(N)=NC(=O)c1cc(Oc2ccc(SN(C)C)cc2Cl)cc(OC(C)COC)c1. The molecule has 0 radical (unpaired) electrons. The summed E-state index contributed by atoms with van der Waals surface area (Å²) >= 11 is 7.96. The van der Waals surface area contributed by atoms with Crippen molar-refractivity contribution in [3.8, 4) is 17.2 Å². The molecule has 178 valence electrons. The molecule has 0 saturated heterocycles. The van der Waals surface area contributed by atoms with Gasteiger partial charge in [-0.15, -0.1) is 0 Å². The zero-order valence-electron chi connectivity index (χ0n) is 19.3. The summed E-state index contributed by atoms with van der Waals surface area (Å²) in [5.41, 5.74) is 6.04. The second-order valence-electron chi connectivity index (χ2n) is 7.14. The first-order chi connectivity index (χ1) is 15.7. The van der Waals surface area contributed by atoms with Gasteiger partial charge in [0, 0.05) is 30.7 Å². The van der Waals surface area contributed by atoms with Gasteiger partial charge in [-0.1, -0.05) is 11.6 Å². The van der Waals surface area contributed by atoms with Crippen LogP contribution in [-0.2, 0) is 4.74 Å². The van der Waals surface area contributed by atoms with Crippen molar-refractivity contribution < 1.29 is 19.0 Å². The molecule has 0 saturated carbocycles. The summed E-state index contributed by atoms with van der Waals surface area (Å²) in [5, 5.41) is 3.23. The summed E-state index contributed by atoms with van der Waals surface area (Å²) in [5.74, 6) is 0.769. The van der Waals surface area contributed by atoms with Crippen LogP contribution in [0.1, 0.15) is 17.3 Å². The maximum Gasteiger partial charge on any atom is 0.279 e. The first-order valence-electron chi connectivity index (χ1n) is 10.1. The highest BCUT2D eigenvalue weighted by atomic mass is 35.5. The molecule has 33 heavy (non-hydrogen) atoms. The third-order valence-electron chi connectivity index (χ3n) is 3.94. The van der Waals surface area contributed by atoms with Gasteiger partial charge in [-0.3, -0.25) is 9.10 Å². The van der Waals surface area contributed by atoms with Gasteiger partial charge >= 0.3 is 0 Å². The molecule has 10 heteroatoms. The Hall–Kier alpha value is -2.72. The molecule has 8 nitrogen and oxygen atoms in total. The number of ether oxygens (including phenoxy) is 3. The van der Waals surface area contributed by atoms with Crippen molar-refractivity contribution in [2.24, 2.45) is 10.7 Å². The Kier molecular flexibility index (Phi) is 10.5. The summed E-state index contributed by atoms with van der Waals surface area (Å²) in [6, 6.07) is 10.3. The van der Waals surface area contributed by atoms with E-state index in [1.165, 1.54) is 18.0 Å².